The summed E-state index contributed by atoms with van der Waals surface area (Å²) in [5.74, 6) is 0.345. The predicted octanol–water partition coefficient (Wildman–Crippen LogP) is 4.10. The molecule has 0 radical (unpaired) electrons. The van der Waals surface area contributed by atoms with Crippen LogP contribution in [0.25, 0.3) is 0 Å². The lowest BCUT2D eigenvalue weighted by molar-refractivity contribution is -0.114. The maximum Gasteiger partial charge on any atom is 0.234 e. The van der Waals surface area contributed by atoms with E-state index in [-0.39, 0.29) is 23.3 Å². The van der Waals surface area contributed by atoms with Gasteiger partial charge in [-0.05, 0) is 79.6 Å². The van der Waals surface area contributed by atoms with Crippen molar-refractivity contribution < 1.29 is 9.59 Å². The monoisotopic (exact) mass is 368 g/mol. The fourth-order valence-electron chi connectivity index (χ4n) is 3.10. The summed E-state index contributed by atoms with van der Waals surface area (Å²) in [4.78, 5) is 24.1. The molecule has 0 aromatic heterocycles. The number of carbonyl (C=O) groups is 2. The minimum atomic E-state index is -0.0939. The van der Waals surface area contributed by atoms with Gasteiger partial charge in [0, 0.05) is 11.4 Å². The van der Waals surface area contributed by atoms with Crippen LogP contribution in [0.15, 0.2) is 36.4 Å². The first-order valence-electron chi connectivity index (χ1n) is 8.88. The third kappa shape index (κ3) is 4.88. The van der Waals surface area contributed by atoms with E-state index in [1.165, 1.54) is 34.9 Å². The van der Waals surface area contributed by atoms with E-state index < -0.39 is 0 Å². The molecule has 2 aromatic rings. The van der Waals surface area contributed by atoms with Gasteiger partial charge < -0.3 is 10.6 Å². The predicted molar refractivity (Wildman–Crippen MR) is 109 cm³/mol. The van der Waals surface area contributed by atoms with Crippen molar-refractivity contribution in [3.63, 3.8) is 0 Å². The molecule has 3 rings (SSSR count). The molecular weight excluding hydrogens is 344 g/mol. The summed E-state index contributed by atoms with van der Waals surface area (Å²) in [7, 11) is 0. The summed E-state index contributed by atoms with van der Waals surface area (Å²) in [6, 6.07) is 12.0. The van der Waals surface area contributed by atoms with Gasteiger partial charge in [-0.15, -0.1) is 11.8 Å². The third-order valence-electron chi connectivity index (χ3n) is 4.64. The van der Waals surface area contributed by atoms with E-state index >= 15 is 0 Å². The van der Waals surface area contributed by atoms with Gasteiger partial charge in [0.25, 0.3) is 0 Å². The second-order valence-corrected chi connectivity index (χ2v) is 7.71. The molecule has 0 saturated carbocycles. The Morgan fingerprint density at radius 3 is 2.15 bits per heavy atom. The van der Waals surface area contributed by atoms with Crippen molar-refractivity contribution in [2.24, 2.45) is 0 Å². The first-order chi connectivity index (χ1) is 12.5. The van der Waals surface area contributed by atoms with E-state index in [4.69, 9.17) is 0 Å². The first kappa shape index (κ1) is 18.5. The van der Waals surface area contributed by atoms with Gasteiger partial charge >= 0.3 is 0 Å². The van der Waals surface area contributed by atoms with Crippen molar-refractivity contribution in [1.82, 2.24) is 0 Å². The molecule has 2 aromatic carbocycles. The van der Waals surface area contributed by atoms with Crippen LogP contribution >= 0.6 is 11.8 Å². The minimum Gasteiger partial charge on any atom is -0.325 e. The van der Waals surface area contributed by atoms with Gasteiger partial charge in [0.1, 0.15) is 0 Å². The van der Waals surface area contributed by atoms with E-state index in [1.807, 2.05) is 38.1 Å². The van der Waals surface area contributed by atoms with Gasteiger partial charge in [-0.25, -0.2) is 0 Å². The highest BCUT2D eigenvalue weighted by atomic mass is 32.2. The Labute approximate surface area is 158 Å². The van der Waals surface area contributed by atoms with Gasteiger partial charge in [-0.2, -0.15) is 0 Å². The van der Waals surface area contributed by atoms with Crippen LogP contribution in [0.4, 0.5) is 11.4 Å². The number of fused-ring (bicyclic) bond motifs is 1. The van der Waals surface area contributed by atoms with Crippen LogP contribution in [0.5, 0.6) is 0 Å². The molecule has 0 saturated heterocycles. The summed E-state index contributed by atoms with van der Waals surface area (Å²) in [5.41, 5.74) is 6.70. The number of benzene rings is 2. The highest BCUT2D eigenvalue weighted by molar-refractivity contribution is 8.00. The zero-order valence-corrected chi connectivity index (χ0v) is 16.0. The van der Waals surface area contributed by atoms with Gasteiger partial charge in [0.05, 0.1) is 11.5 Å². The van der Waals surface area contributed by atoms with Crippen molar-refractivity contribution in [2.75, 3.05) is 22.1 Å². The lowest BCUT2D eigenvalue weighted by Gasteiger charge is -2.09. The van der Waals surface area contributed by atoms with Crippen LogP contribution in [0.3, 0.4) is 0 Å². The number of aryl methyl sites for hydroxylation is 4. The molecule has 0 aliphatic heterocycles. The second-order valence-electron chi connectivity index (χ2n) is 6.73. The second kappa shape index (κ2) is 8.41. The van der Waals surface area contributed by atoms with Crippen molar-refractivity contribution >= 4 is 35.0 Å². The van der Waals surface area contributed by atoms with Crippen LogP contribution in [0.2, 0.25) is 0 Å². The normalized spacial score (nSPS) is 12.5. The minimum absolute atomic E-state index is 0.0769. The van der Waals surface area contributed by atoms with E-state index in [0.29, 0.717) is 0 Å². The zero-order valence-electron chi connectivity index (χ0n) is 15.2. The number of anilines is 2. The largest absolute Gasteiger partial charge is 0.325 e. The van der Waals surface area contributed by atoms with Gasteiger partial charge in [0.2, 0.25) is 11.8 Å². The number of carbonyl (C=O) groups excluding carboxylic acids is 2. The summed E-state index contributed by atoms with van der Waals surface area (Å²) in [5, 5.41) is 5.79. The molecule has 136 valence electrons. The fraction of sp³-hybridized carbons (Fsp3) is 0.333. The molecule has 1 aliphatic carbocycles. The lowest BCUT2D eigenvalue weighted by Crippen LogP contribution is -2.18. The number of rotatable bonds is 6. The Kier molecular flexibility index (Phi) is 5.99. The van der Waals surface area contributed by atoms with Crippen molar-refractivity contribution in [3.05, 3.63) is 58.7 Å². The Morgan fingerprint density at radius 1 is 0.846 bits per heavy atom. The Bertz CT molecular complexity index is 833. The maximum atomic E-state index is 12.1. The molecule has 5 heteroatoms. The zero-order chi connectivity index (χ0) is 18.5. The molecular formula is C21H24N2O2S. The molecule has 1 aliphatic rings. The fourth-order valence-corrected chi connectivity index (χ4v) is 3.72. The first-order valence-corrected chi connectivity index (χ1v) is 10.0. The molecule has 2 amide bonds. The van der Waals surface area contributed by atoms with E-state index in [2.05, 4.69) is 22.8 Å². The molecule has 4 nitrogen and oxygen atoms in total. The Balaban J connectivity index is 1.41. The number of amides is 2. The van der Waals surface area contributed by atoms with Crippen LogP contribution in [0.1, 0.15) is 28.7 Å². The lowest BCUT2D eigenvalue weighted by atomic mass is 10.1. The molecule has 0 spiro atoms. The average molecular weight is 369 g/mol. The molecule has 0 unspecified atom stereocenters. The molecule has 0 bridgehead atoms. The van der Waals surface area contributed by atoms with Crippen LogP contribution in [-0.2, 0) is 22.4 Å². The van der Waals surface area contributed by atoms with Crippen molar-refractivity contribution in [1.29, 1.82) is 0 Å². The summed E-state index contributed by atoms with van der Waals surface area (Å²) >= 11 is 1.32. The molecule has 0 fully saturated rings. The number of thioether (sulfide) groups is 1. The smallest absolute Gasteiger partial charge is 0.234 e. The van der Waals surface area contributed by atoms with Crippen molar-refractivity contribution in [3.8, 4) is 0 Å². The molecule has 0 atom stereocenters. The number of hydrogen-bond donors (Lipinski definition) is 2. The molecule has 26 heavy (non-hydrogen) atoms. The molecule has 0 heterocycles. The highest BCUT2D eigenvalue weighted by Gasteiger charge is 2.12. The van der Waals surface area contributed by atoms with E-state index in [9.17, 15) is 9.59 Å². The van der Waals surface area contributed by atoms with Gasteiger partial charge in [0.15, 0.2) is 0 Å². The summed E-state index contributed by atoms with van der Waals surface area (Å²) < 4.78 is 0. The quantitative estimate of drug-likeness (QED) is 0.807. The van der Waals surface area contributed by atoms with Crippen LogP contribution in [0, 0.1) is 13.8 Å². The van der Waals surface area contributed by atoms with E-state index in [1.54, 1.807) is 0 Å². The topological polar surface area (TPSA) is 58.2 Å². The summed E-state index contributed by atoms with van der Waals surface area (Å²) in [6.45, 7) is 4.05. The van der Waals surface area contributed by atoms with Crippen LogP contribution < -0.4 is 10.6 Å². The molecule has 2 N–H and O–H groups in total. The Hall–Kier alpha value is -2.27. The SMILES string of the molecule is Cc1ccc(NC(=O)CSCC(=O)Nc2ccc3c(c2)CCC3)cc1C. The Morgan fingerprint density at radius 2 is 1.46 bits per heavy atom. The van der Waals surface area contributed by atoms with Gasteiger partial charge in [-0.3, -0.25) is 9.59 Å². The van der Waals surface area contributed by atoms with Crippen molar-refractivity contribution in [2.45, 2.75) is 33.1 Å². The standard InChI is InChI=1S/C21H24N2O2S/c1-14-6-8-18(10-15(14)2)22-20(24)12-26-13-21(25)23-19-9-7-16-4-3-5-17(16)11-19/h6-11H,3-5,12-13H2,1-2H3,(H,22,24)(H,23,25). The number of nitrogens with one attached hydrogen (secondary N) is 2. The third-order valence-corrected chi connectivity index (χ3v) is 5.57. The average Bonchev–Trinajstić information content (AvgIpc) is 3.06. The highest BCUT2D eigenvalue weighted by Crippen LogP contribution is 2.25. The van der Waals surface area contributed by atoms with E-state index in [0.717, 1.165) is 29.8 Å². The van der Waals surface area contributed by atoms with Gasteiger partial charge in [-0.1, -0.05) is 12.1 Å². The maximum absolute atomic E-state index is 12.1. The summed E-state index contributed by atoms with van der Waals surface area (Å²) in [6.07, 6.45) is 3.42. The van der Waals surface area contributed by atoms with Crippen LogP contribution in [-0.4, -0.2) is 23.3 Å². The number of hydrogen-bond acceptors (Lipinski definition) is 3.